The van der Waals surface area contributed by atoms with Crippen LogP contribution in [0.25, 0.3) is 11.1 Å². The van der Waals surface area contributed by atoms with Gasteiger partial charge < -0.3 is 14.6 Å². The van der Waals surface area contributed by atoms with Crippen LogP contribution in [0.5, 0.6) is 17.5 Å². The molecule has 0 fully saturated rings. The third-order valence-electron chi connectivity index (χ3n) is 4.58. The van der Waals surface area contributed by atoms with Crippen molar-refractivity contribution < 1.29 is 23.4 Å². The number of ether oxygens (including phenoxy) is 2. The molecule has 1 aromatic heterocycles. The first-order valence-electron chi connectivity index (χ1n) is 9.63. The Balaban J connectivity index is 1.66. The van der Waals surface area contributed by atoms with Gasteiger partial charge >= 0.3 is 0 Å². The largest absolute Gasteiger partial charge is 0.508 e. The van der Waals surface area contributed by atoms with Crippen molar-refractivity contribution in [2.45, 2.75) is 13.2 Å². The molecule has 4 nitrogen and oxygen atoms in total. The highest BCUT2D eigenvalue weighted by Gasteiger charge is 2.19. The van der Waals surface area contributed by atoms with Gasteiger partial charge in [0.05, 0.1) is 11.1 Å². The fourth-order valence-electron chi connectivity index (χ4n) is 3.08. The van der Waals surface area contributed by atoms with Gasteiger partial charge in [-0.3, -0.25) is 0 Å². The predicted molar refractivity (Wildman–Crippen MR) is 113 cm³/mol. The number of hydrogen-bond acceptors (Lipinski definition) is 4. The second kappa shape index (κ2) is 9.26. The Morgan fingerprint density at radius 3 is 1.84 bits per heavy atom. The monoisotopic (exact) mass is 419 g/mol. The molecule has 0 radical (unpaired) electrons. The summed E-state index contributed by atoms with van der Waals surface area (Å²) in [6.45, 7) is 0.442. The molecule has 0 saturated carbocycles. The topological polar surface area (TPSA) is 51.6 Å². The van der Waals surface area contributed by atoms with E-state index in [9.17, 15) is 13.9 Å². The molecule has 4 aromatic rings. The maximum atomic E-state index is 14.5. The number of hydrogen-bond donors (Lipinski definition) is 1. The van der Waals surface area contributed by atoms with E-state index < -0.39 is 17.4 Å². The van der Waals surface area contributed by atoms with Gasteiger partial charge in [-0.1, -0.05) is 60.7 Å². The summed E-state index contributed by atoms with van der Waals surface area (Å²) in [6.07, 6.45) is 0. The van der Waals surface area contributed by atoms with Crippen LogP contribution >= 0.6 is 0 Å². The highest BCUT2D eigenvalue weighted by molar-refractivity contribution is 5.71. The Morgan fingerprint density at radius 2 is 1.26 bits per heavy atom. The molecule has 4 rings (SSSR count). The highest BCUT2D eigenvalue weighted by atomic mass is 19.1. The van der Waals surface area contributed by atoms with Gasteiger partial charge in [-0.25, -0.2) is 8.78 Å². The first-order chi connectivity index (χ1) is 15.1. The second-order valence-electron chi connectivity index (χ2n) is 6.84. The maximum absolute atomic E-state index is 14.5. The average molecular weight is 419 g/mol. The zero-order valence-electron chi connectivity index (χ0n) is 16.5. The first-order valence-corrected chi connectivity index (χ1v) is 9.63. The van der Waals surface area contributed by atoms with E-state index in [2.05, 4.69) is 4.98 Å². The highest BCUT2D eigenvalue weighted by Crippen LogP contribution is 2.36. The Morgan fingerprint density at radius 1 is 0.710 bits per heavy atom. The normalized spacial score (nSPS) is 10.6. The van der Waals surface area contributed by atoms with Crippen LogP contribution in [0.4, 0.5) is 8.78 Å². The molecule has 0 saturated heterocycles. The number of phenolic OH excluding ortho intramolecular Hbond substituents is 1. The molecule has 0 atom stereocenters. The summed E-state index contributed by atoms with van der Waals surface area (Å²) in [4.78, 5) is 4.34. The van der Waals surface area contributed by atoms with Crippen LogP contribution in [-0.2, 0) is 13.2 Å². The van der Waals surface area contributed by atoms with Crippen LogP contribution in [0, 0.1) is 11.6 Å². The summed E-state index contributed by atoms with van der Waals surface area (Å²) in [5.74, 6) is -2.04. The van der Waals surface area contributed by atoms with Crippen molar-refractivity contribution in [1.82, 2.24) is 4.98 Å². The molecular weight excluding hydrogens is 400 g/mol. The molecule has 1 N–H and O–H groups in total. The van der Waals surface area contributed by atoms with Gasteiger partial charge in [-0.05, 0) is 17.2 Å². The third-order valence-corrected chi connectivity index (χ3v) is 4.58. The van der Waals surface area contributed by atoms with Gasteiger partial charge in [-0.15, -0.1) is 0 Å². The van der Waals surface area contributed by atoms with E-state index in [0.29, 0.717) is 0 Å². The molecular formula is C25H19F2NO3. The lowest BCUT2D eigenvalue weighted by molar-refractivity contribution is 0.268. The van der Waals surface area contributed by atoms with Gasteiger partial charge in [0.2, 0.25) is 11.8 Å². The molecule has 0 amide bonds. The van der Waals surface area contributed by atoms with Crippen molar-refractivity contribution in [1.29, 1.82) is 0 Å². The summed E-state index contributed by atoms with van der Waals surface area (Å²) in [5.41, 5.74) is 1.62. The summed E-state index contributed by atoms with van der Waals surface area (Å²) < 4.78 is 40.6. The SMILES string of the molecule is Oc1cc(F)c(-c2ccc(OCc3ccccc3)nc2OCc2ccccc2)c(F)c1. The Labute approximate surface area is 178 Å². The minimum Gasteiger partial charge on any atom is -0.508 e. The average Bonchev–Trinajstić information content (AvgIpc) is 2.78. The van der Waals surface area contributed by atoms with Crippen molar-refractivity contribution in [2.24, 2.45) is 0 Å². The fourth-order valence-corrected chi connectivity index (χ4v) is 3.08. The molecule has 6 heteroatoms. The summed E-state index contributed by atoms with van der Waals surface area (Å²) >= 11 is 0. The lowest BCUT2D eigenvalue weighted by atomic mass is 10.1. The third kappa shape index (κ3) is 4.98. The fraction of sp³-hybridized carbons (Fsp3) is 0.0800. The maximum Gasteiger partial charge on any atom is 0.225 e. The summed E-state index contributed by atoms with van der Waals surface area (Å²) in [5, 5.41) is 9.46. The van der Waals surface area contributed by atoms with Crippen LogP contribution < -0.4 is 9.47 Å². The number of phenols is 1. The minimum atomic E-state index is -0.915. The molecule has 0 aliphatic heterocycles. The van der Waals surface area contributed by atoms with E-state index in [1.807, 2.05) is 60.7 Å². The van der Waals surface area contributed by atoms with Crippen LogP contribution in [0.15, 0.2) is 84.9 Å². The quantitative estimate of drug-likeness (QED) is 0.406. The van der Waals surface area contributed by atoms with Crippen molar-refractivity contribution in [3.8, 4) is 28.6 Å². The van der Waals surface area contributed by atoms with E-state index in [4.69, 9.17) is 9.47 Å². The van der Waals surface area contributed by atoms with Crippen molar-refractivity contribution in [3.05, 3.63) is 108 Å². The molecule has 0 spiro atoms. The Bertz CT molecular complexity index is 1150. The van der Waals surface area contributed by atoms with Gasteiger partial charge in [0, 0.05) is 18.2 Å². The molecule has 0 unspecified atom stereocenters. The van der Waals surface area contributed by atoms with Crippen LogP contribution in [-0.4, -0.2) is 10.1 Å². The molecule has 0 aliphatic carbocycles. The van der Waals surface area contributed by atoms with Crippen molar-refractivity contribution in [2.75, 3.05) is 0 Å². The molecule has 3 aromatic carbocycles. The molecule has 0 aliphatic rings. The zero-order valence-corrected chi connectivity index (χ0v) is 16.5. The van der Waals surface area contributed by atoms with E-state index >= 15 is 0 Å². The lowest BCUT2D eigenvalue weighted by Gasteiger charge is -2.14. The number of nitrogens with zero attached hydrogens (tertiary/aromatic N) is 1. The van der Waals surface area contributed by atoms with E-state index in [-0.39, 0.29) is 36.1 Å². The van der Waals surface area contributed by atoms with Gasteiger partial charge in [0.1, 0.15) is 30.6 Å². The minimum absolute atomic E-state index is 0.0258. The zero-order chi connectivity index (χ0) is 21.6. The Hall–Kier alpha value is -3.93. The van der Waals surface area contributed by atoms with E-state index in [1.54, 1.807) is 0 Å². The predicted octanol–water partition coefficient (Wildman–Crippen LogP) is 5.89. The summed E-state index contributed by atoms with van der Waals surface area (Å²) in [7, 11) is 0. The number of benzene rings is 3. The molecule has 156 valence electrons. The Kier molecular flexibility index (Phi) is 6.08. The molecule has 31 heavy (non-hydrogen) atoms. The molecule has 0 bridgehead atoms. The van der Waals surface area contributed by atoms with Gasteiger partial charge in [0.15, 0.2) is 0 Å². The van der Waals surface area contributed by atoms with Gasteiger partial charge in [0.25, 0.3) is 0 Å². The van der Waals surface area contributed by atoms with Crippen molar-refractivity contribution in [3.63, 3.8) is 0 Å². The first kappa shape index (κ1) is 20.3. The number of halogens is 2. The van der Waals surface area contributed by atoms with Crippen LogP contribution in [0.3, 0.4) is 0 Å². The lowest BCUT2D eigenvalue weighted by Crippen LogP contribution is -2.03. The van der Waals surface area contributed by atoms with Crippen LogP contribution in [0.1, 0.15) is 11.1 Å². The summed E-state index contributed by atoms with van der Waals surface area (Å²) in [6, 6.07) is 23.6. The van der Waals surface area contributed by atoms with E-state index in [0.717, 1.165) is 23.3 Å². The number of rotatable bonds is 7. The van der Waals surface area contributed by atoms with Crippen molar-refractivity contribution >= 4 is 0 Å². The van der Waals surface area contributed by atoms with E-state index in [1.165, 1.54) is 12.1 Å². The number of aromatic nitrogens is 1. The van der Waals surface area contributed by atoms with Gasteiger partial charge in [-0.2, -0.15) is 4.98 Å². The second-order valence-corrected chi connectivity index (χ2v) is 6.84. The van der Waals surface area contributed by atoms with Crippen LogP contribution in [0.2, 0.25) is 0 Å². The number of aromatic hydroxyl groups is 1. The number of pyridine rings is 1. The molecule has 1 heterocycles. The standard InChI is InChI=1S/C25H19F2NO3/c26-21-13-19(29)14-22(27)24(21)20-11-12-23(30-15-17-7-3-1-4-8-17)28-25(20)31-16-18-9-5-2-6-10-18/h1-14,29H,15-16H2. The smallest absolute Gasteiger partial charge is 0.225 e.